The molecule has 1 aromatic rings. The Labute approximate surface area is 92.8 Å². The summed E-state index contributed by atoms with van der Waals surface area (Å²) in [6.45, 7) is 2.22. The standard InChI is InChI=1S/C11H12O3S/c1-2-14-8-10(11(12)13)15-9-6-4-3-5-7-9/h3-8H,2H2,1H3,(H,12,13)/p-1/b10-8+. The summed E-state index contributed by atoms with van der Waals surface area (Å²) in [4.78, 5) is 11.6. The van der Waals surface area contributed by atoms with Crippen molar-refractivity contribution in [2.45, 2.75) is 11.8 Å². The number of carboxylic acid groups (broad SMARTS) is 1. The molecule has 80 valence electrons. The van der Waals surface area contributed by atoms with Gasteiger partial charge in [-0.15, -0.1) is 0 Å². The van der Waals surface area contributed by atoms with Crippen LogP contribution in [0.2, 0.25) is 0 Å². The number of carbonyl (C=O) groups is 1. The number of rotatable bonds is 5. The van der Waals surface area contributed by atoms with Gasteiger partial charge in [0, 0.05) is 4.90 Å². The van der Waals surface area contributed by atoms with Gasteiger partial charge in [-0.3, -0.25) is 0 Å². The van der Waals surface area contributed by atoms with Crippen LogP contribution in [-0.4, -0.2) is 12.6 Å². The number of thioether (sulfide) groups is 1. The van der Waals surface area contributed by atoms with E-state index < -0.39 is 5.97 Å². The molecular formula is C11H11O3S-. The maximum Gasteiger partial charge on any atom is 0.0986 e. The van der Waals surface area contributed by atoms with Crippen LogP contribution < -0.4 is 5.11 Å². The summed E-state index contributed by atoms with van der Waals surface area (Å²) in [6, 6.07) is 9.21. The fourth-order valence-corrected chi connectivity index (χ4v) is 1.63. The second-order valence-electron chi connectivity index (χ2n) is 2.64. The van der Waals surface area contributed by atoms with Crippen molar-refractivity contribution in [3.8, 4) is 0 Å². The topological polar surface area (TPSA) is 49.4 Å². The molecule has 0 amide bonds. The van der Waals surface area contributed by atoms with Crippen LogP contribution in [-0.2, 0) is 9.53 Å². The van der Waals surface area contributed by atoms with E-state index in [1.165, 1.54) is 6.26 Å². The highest BCUT2D eigenvalue weighted by Gasteiger charge is 2.01. The molecule has 1 rings (SSSR count). The van der Waals surface area contributed by atoms with Crippen molar-refractivity contribution in [1.29, 1.82) is 0 Å². The van der Waals surface area contributed by atoms with Crippen molar-refractivity contribution < 1.29 is 14.6 Å². The Balaban J connectivity index is 2.72. The fraction of sp³-hybridized carbons (Fsp3) is 0.182. The zero-order valence-electron chi connectivity index (χ0n) is 8.30. The third kappa shape index (κ3) is 4.08. The van der Waals surface area contributed by atoms with Crippen LogP contribution in [0, 0.1) is 0 Å². The zero-order valence-corrected chi connectivity index (χ0v) is 9.12. The van der Waals surface area contributed by atoms with E-state index in [1.807, 2.05) is 30.3 Å². The molecule has 0 atom stereocenters. The molecule has 0 unspecified atom stereocenters. The third-order valence-corrected chi connectivity index (χ3v) is 2.52. The third-order valence-electron chi connectivity index (χ3n) is 1.53. The predicted octanol–water partition coefficient (Wildman–Crippen LogP) is 1.41. The van der Waals surface area contributed by atoms with Crippen LogP contribution in [0.25, 0.3) is 0 Å². The van der Waals surface area contributed by atoms with Gasteiger partial charge in [-0.1, -0.05) is 30.0 Å². The Kier molecular flexibility index (Phi) is 4.77. The van der Waals surface area contributed by atoms with E-state index in [-0.39, 0.29) is 4.91 Å². The number of hydrogen-bond donors (Lipinski definition) is 0. The lowest BCUT2D eigenvalue weighted by Gasteiger charge is -2.07. The zero-order chi connectivity index (χ0) is 11.1. The molecule has 4 heteroatoms. The van der Waals surface area contributed by atoms with Crippen LogP contribution >= 0.6 is 11.8 Å². The molecule has 0 aliphatic carbocycles. The Morgan fingerprint density at radius 2 is 2.13 bits per heavy atom. The monoisotopic (exact) mass is 223 g/mol. The van der Waals surface area contributed by atoms with Crippen LogP contribution in [0.4, 0.5) is 0 Å². The summed E-state index contributed by atoms with van der Waals surface area (Å²) in [5.74, 6) is -1.22. The second kappa shape index (κ2) is 6.14. The molecule has 0 saturated heterocycles. The lowest BCUT2D eigenvalue weighted by atomic mass is 10.4. The number of carbonyl (C=O) groups excluding carboxylic acids is 1. The first kappa shape index (κ1) is 11.7. The highest BCUT2D eigenvalue weighted by molar-refractivity contribution is 8.04. The van der Waals surface area contributed by atoms with E-state index in [2.05, 4.69) is 0 Å². The van der Waals surface area contributed by atoms with E-state index in [1.54, 1.807) is 6.92 Å². The molecule has 1 aromatic carbocycles. The highest BCUT2D eigenvalue weighted by atomic mass is 32.2. The molecule has 3 nitrogen and oxygen atoms in total. The summed E-state index contributed by atoms with van der Waals surface area (Å²) in [5, 5.41) is 10.7. The largest absolute Gasteiger partial charge is 0.544 e. The van der Waals surface area contributed by atoms with Crippen LogP contribution in [0.3, 0.4) is 0 Å². The van der Waals surface area contributed by atoms with E-state index in [0.29, 0.717) is 6.61 Å². The van der Waals surface area contributed by atoms with E-state index in [0.717, 1.165) is 16.7 Å². The average molecular weight is 223 g/mol. The minimum absolute atomic E-state index is 0.0723. The van der Waals surface area contributed by atoms with Gasteiger partial charge < -0.3 is 14.6 Å². The number of benzene rings is 1. The first-order valence-electron chi connectivity index (χ1n) is 4.50. The Morgan fingerprint density at radius 3 is 2.67 bits per heavy atom. The number of hydrogen-bond acceptors (Lipinski definition) is 4. The van der Waals surface area contributed by atoms with Gasteiger partial charge in [0.05, 0.1) is 23.7 Å². The lowest BCUT2D eigenvalue weighted by Crippen LogP contribution is -2.23. The number of ether oxygens (including phenoxy) is 1. The van der Waals surface area contributed by atoms with Gasteiger partial charge in [0.2, 0.25) is 0 Å². The van der Waals surface area contributed by atoms with Crippen molar-refractivity contribution >= 4 is 17.7 Å². The smallest absolute Gasteiger partial charge is 0.0986 e. The molecule has 0 heterocycles. The number of carboxylic acids is 1. The van der Waals surface area contributed by atoms with Gasteiger partial charge in [-0.05, 0) is 19.1 Å². The van der Waals surface area contributed by atoms with Gasteiger partial charge in [0.15, 0.2) is 0 Å². The van der Waals surface area contributed by atoms with Gasteiger partial charge >= 0.3 is 0 Å². The molecular weight excluding hydrogens is 212 g/mol. The Hall–Kier alpha value is -1.42. The Morgan fingerprint density at radius 1 is 1.47 bits per heavy atom. The van der Waals surface area contributed by atoms with Gasteiger partial charge in [-0.2, -0.15) is 0 Å². The van der Waals surface area contributed by atoms with Crippen LogP contribution in [0.15, 0.2) is 46.4 Å². The fourth-order valence-electron chi connectivity index (χ4n) is 0.888. The SMILES string of the molecule is CCO/C=C(/Sc1ccccc1)C(=O)[O-]. The van der Waals surface area contributed by atoms with Gasteiger partial charge in [0.25, 0.3) is 0 Å². The minimum atomic E-state index is -1.22. The van der Waals surface area contributed by atoms with Crippen molar-refractivity contribution in [2.24, 2.45) is 0 Å². The predicted molar refractivity (Wildman–Crippen MR) is 57.0 cm³/mol. The first-order valence-corrected chi connectivity index (χ1v) is 5.31. The summed E-state index contributed by atoms with van der Waals surface area (Å²) in [7, 11) is 0. The summed E-state index contributed by atoms with van der Waals surface area (Å²) < 4.78 is 4.93. The van der Waals surface area contributed by atoms with E-state index in [4.69, 9.17) is 4.74 Å². The van der Waals surface area contributed by atoms with Crippen molar-refractivity contribution in [3.63, 3.8) is 0 Å². The summed E-state index contributed by atoms with van der Waals surface area (Å²) in [6.07, 6.45) is 1.22. The molecule has 15 heavy (non-hydrogen) atoms. The molecule has 0 saturated carbocycles. The first-order chi connectivity index (χ1) is 7.24. The molecule has 0 aliphatic heterocycles. The second-order valence-corrected chi connectivity index (χ2v) is 3.76. The van der Waals surface area contributed by atoms with E-state index in [9.17, 15) is 9.90 Å². The molecule has 0 bridgehead atoms. The lowest BCUT2D eigenvalue weighted by molar-refractivity contribution is -0.298. The number of aliphatic carboxylic acids is 1. The van der Waals surface area contributed by atoms with Gasteiger partial charge in [0.1, 0.15) is 0 Å². The molecule has 0 aromatic heterocycles. The maximum atomic E-state index is 10.7. The maximum absolute atomic E-state index is 10.7. The normalized spacial score (nSPS) is 11.1. The molecule has 0 fully saturated rings. The molecule has 0 aliphatic rings. The summed E-state index contributed by atoms with van der Waals surface area (Å²) in [5.41, 5.74) is 0. The highest BCUT2D eigenvalue weighted by Crippen LogP contribution is 2.25. The molecule has 0 spiro atoms. The van der Waals surface area contributed by atoms with Crippen molar-refractivity contribution in [1.82, 2.24) is 0 Å². The summed E-state index contributed by atoms with van der Waals surface area (Å²) >= 11 is 1.11. The molecule has 0 radical (unpaired) electrons. The molecule has 0 N–H and O–H groups in total. The van der Waals surface area contributed by atoms with Crippen LogP contribution in [0.1, 0.15) is 6.92 Å². The van der Waals surface area contributed by atoms with Crippen molar-refractivity contribution in [2.75, 3.05) is 6.61 Å². The minimum Gasteiger partial charge on any atom is -0.544 e. The van der Waals surface area contributed by atoms with Crippen LogP contribution in [0.5, 0.6) is 0 Å². The van der Waals surface area contributed by atoms with Crippen molar-refractivity contribution in [3.05, 3.63) is 41.5 Å². The van der Waals surface area contributed by atoms with Gasteiger partial charge in [-0.25, -0.2) is 0 Å². The Bertz CT molecular complexity index is 346. The van der Waals surface area contributed by atoms with E-state index >= 15 is 0 Å². The quantitative estimate of drug-likeness (QED) is 0.430. The average Bonchev–Trinajstić information content (AvgIpc) is 2.25.